The van der Waals surface area contributed by atoms with Gasteiger partial charge in [-0.05, 0) is 37.3 Å². The van der Waals surface area contributed by atoms with Gasteiger partial charge in [-0.2, -0.15) is 0 Å². The van der Waals surface area contributed by atoms with Crippen molar-refractivity contribution in [2.24, 2.45) is 0 Å². The van der Waals surface area contributed by atoms with Crippen molar-refractivity contribution in [3.8, 4) is 0 Å². The second-order valence-corrected chi connectivity index (χ2v) is 7.76. The van der Waals surface area contributed by atoms with Gasteiger partial charge in [-0.3, -0.25) is 14.4 Å². The first kappa shape index (κ1) is 20.2. The SMILES string of the molecule is CCN(C(=O)COC(=O)CC1Sc2ccc(Cl)cc2NC1=O)c1ccccc1. The van der Waals surface area contributed by atoms with E-state index in [1.54, 1.807) is 18.2 Å². The highest BCUT2D eigenvalue weighted by Crippen LogP contribution is 2.38. The molecule has 8 heteroatoms. The Balaban J connectivity index is 1.55. The van der Waals surface area contributed by atoms with Gasteiger partial charge in [-0.25, -0.2) is 0 Å². The van der Waals surface area contributed by atoms with E-state index in [2.05, 4.69) is 5.32 Å². The third kappa shape index (κ3) is 4.85. The highest BCUT2D eigenvalue weighted by Gasteiger charge is 2.30. The maximum absolute atomic E-state index is 12.4. The summed E-state index contributed by atoms with van der Waals surface area (Å²) < 4.78 is 5.12. The first-order valence-electron chi connectivity index (χ1n) is 8.76. The zero-order valence-corrected chi connectivity index (χ0v) is 16.8. The predicted octanol–water partition coefficient (Wildman–Crippen LogP) is 3.74. The number of nitrogens with one attached hydrogen (secondary N) is 1. The third-order valence-corrected chi connectivity index (χ3v) is 5.67. The van der Waals surface area contributed by atoms with E-state index >= 15 is 0 Å². The van der Waals surface area contributed by atoms with Crippen molar-refractivity contribution in [1.82, 2.24) is 0 Å². The standard InChI is InChI=1S/C20H19ClN2O4S/c1-2-23(14-6-4-3-5-7-14)18(24)12-27-19(25)11-17-20(26)22-15-10-13(21)8-9-16(15)28-17/h3-10,17H,2,11-12H2,1H3,(H,22,26). The van der Waals surface area contributed by atoms with Crippen LogP contribution in [0.2, 0.25) is 5.02 Å². The van der Waals surface area contributed by atoms with Crippen LogP contribution in [0.1, 0.15) is 13.3 Å². The normalized spacial score (nSPS) is 15.4. The van der Waals surface area contributed by atoms with Crippen LogP contribution in [0.25, 0.3) is 0 Å². The number of carbonyl (C=O) groups excluding carboxylic acids is 3. The van der Waals surface area contributed by atoms with Gasteiger partial charge in [0.25, 0.3) is 5.91 Å². The lowest BCUT2D eigenvalue weighted by atomic mass is 10.2. The molecule has 1 aliphatic rings. The third-order valence-electron chi connectivity index (χ3n) is 4.15. The van der Waals surface area contributed by atoms with E-state index in [1.807, 2.05) is 37.3 Å². The van der Waals surface area contributed by atoms with Crippen LogP contribution in [0, 0.1) is 0 Å². The Morgan fingerprint density at radius 3 is 2.68 bits per heavy atom. The number of hydrogen-bond acceptors (Lipinski definition) is 5. The van der Waals surface area contributed by atoms with Crippen LogP contribution >= 0.6 is 23.4 Å². The van der Waals surface area contributed by atoms with Crippen molar-refractivity contribution in [2.75, 3.05) is 23.4 Å². The highest BCUT2D eigenvalue weighted by atomic mass is 35.5. The van der Waals surface area contributed by atoms with Gasteiger partial charge >= 0.3 is 5.97 Å². The van der Waals surface area contributed by atoms with Crippen molar-refractivity contribution in [2.45, 2.75) is 23.5 Å². The molecule has 6 nitrogen and oxygen atoms in total. The number of esters is 1. The molecule has 2 aromatic rings. The van der Waals surface area contributed by atoms with Gasteiger partial charge < -0.3 is 15.0 Å². The smallest absolute Gasteiger partial charge is 0.307 e. The van der Waals surface area contributed by atoms with Crippen molar-refractivity contribution in [3.05, 3.63) is 53.6 Å². The summed E-state index contributed by atoms with van der Waals surface area (Å²) in [6.45, 7) is 1.94. The number of anilines is 2. The molecule has 1 N–H and O–H groups in total. The fourth-order valence-electron chi connectivity index (χ4n) is 2.80. The van der Waals surface area contributed by atoms with E-state index in [0.29, 0.717) is 17.3 Å². The average molecular weight is 419 g/mol. The van der Waals surface area contributed by atoms with Crippen molar-refractivity contribution >= 4 is 52.5 Å². The average Bonchev–Trinajstić information content (AvgIpc) is 2.68. The molecule has 1 unspecified atom stereocenters. The summed E-state index contributed by atoms with van der Waals surface area (Å²) in [5, 5.41) is 2.65. The number of amides is 2. The van der Waals surface area contributed by atoms with Gasteiger partial charge in [0.1, 0.15) is 0 Å². The molecule has 2 amide bonds. The fourth-order valence-corrected chi connectivity index (χ4v) is 4.05. The molecule has 1 heterocycles. The van der Waals surface area contributed by atoms with Crippen LogP contribution in [0.5, 0.6) is 0 Å². The molecule has 146 valence electrons. The zero-order chi connectivity index (χ0) is 20.1. The molecule has 1 aliphatic heterocycles. The molecule has 1 atom stereocenters. The molecule has 0 bridgehead atoms. The van der Waals surface area contributed by atoms with Crippen LogP contribution in [-0.4, -0.2) is 36.2 Å². The van der Waals surface area contributed by atoms with Crippen molar-refractivity contribution in [1.29, 1.82) is 0 Å². The summed E-state index contributed by atoms with van der Waals surface area (Å²) in [4.78, 5) is 39.1. The Morgan fingerprint density at radius 1 is 1.21 bits per heavy atom. The topological polar surface area (TPSA) is 75.7 Å². The molecule has 0 aromatic heterocycles. The number of likely N-dealkylation sites (N-methyl/N-ethyl adjacent to an activating group) is 1. The molecule has 0 radical (unpaired) electrons. The maximum atomic E-state index is 12.4. The number of nitrogens with zero attached hydrogens (tertiary/aromatic N) is 1. The summed E-state index contributed by atoms with van der Waals surface area (Å²) in [6.07, 6.45) is -0.122. The minimum Gasteiger partial charge on any atom is -0.456 e. The lowest BCUT2D eigenvalue weighted by molar-refractivity contribution is -0.148. The van der Waals surface area contributed by atoms with Gasteiger partial charge in [0, 0.05) is 22.2 Å². The maximum Gasteiger partial charge on any atom is 0.307 e. The van der Waals surface area contributed by atoms with Gasteiger partial charge in [0.15, 0.2) is 6.61 Å². The summed E-state index contributed by atoms with van der Waals surface area (Å²) in [5.74, 6) is -1.20. The highest BCUT2D eigenvalue weighted by molar-refractivity contribution is 8.01. The van der Waals surface area contributed by atoms with Crippen molar-refractivity contribution in [3.63, 3.8) is 0 Å². The number of rotatable bonds is 6. The van der Waals surface area contributed by atoms with E-state index in [4.69, 9.17) is 16.3 Å². The lowest BCUT2D eigenvalue weighted by Crippen LogP contribution is -2.35. The fraction of sp³-hybridized carbons (Fsp3) is 0.250. The van der Waals surface area contributed by atoms with Crippen LogP contribution < -0.4 is 10.2 Å². The molecular weight excluding hydrogens is 400 g/mol. The summed E-state index contributed by atoms with van der Waals surface area (Å²) in [5.41, 5.74) is 1.37. The second kappa shape index (κ2) is 9.12. The minimum atomic E-state index is -0.618. The second-order valence-electron chi connectivity index (χ2n) is 6.07. The van der Waals surface area contributed by atoms with Gasteiger partial charge in [0.2, 0.25) is 5.91 Å². The molecule has 0 saturated heterocycles. The number of thioether (sulfide) groups is 1. The molecule has 3 rings (SSSR count). The minimum absolute atomic E-state index is 0.122. The van der Waals surface area contributed by atoms with E-state index in [-0.39, 0.29) is 24.8 Å². The largest absolute Gasteiger partial charge is 0.456 e. The molecule has 0 fully saturated rings. The number of hydrogen-bond donors (Lipinski definition) is 1. The summed E-state index contributed by atoms with van der Waals surface area (Å²) >= 11 is 7.20. The predicted molar refractivity (Wildman–Crippen MR) is 110 cm³/mol. The first-order chi connectivity index (χ1) is 13.5. The van der Waals surface area contributed by atoms with Crippen molar-refractivity contribution < 1.29 is 19.1 Å². The number of halogens is 1. The van der Waals surface area contributed by atoms with Gasteiger partial charge in [0.05, 0.1) is 17.4 Å². The number of para-hydroxylation sites is 1. The van der Waals surface area contributed by atoms with Crippen LogP contribution in [0.15, 0.2) is 53.4 Å². The number of fused-ring (bicyclic) bond motifs is 1. The summed E-state index contributed by atoms with van der Waals surface area (Å²) in [7, 11) is 0. The molecule has 0 spiro atoms. The quantitative estimate of drug-likeness (QED) is 0.723. The Kier molecular flexibility index (Phi) is 6.59. The Morgan fingerprint density at radius 2 is 1.96 bits per heavy atom. The van der Waals surface area contributed by atoms with E-state index in [0.717, 1.165) is 10.6 Å². The van der Waals surface area contributed by atoms with E-state index in [1.165, 1.54) is 16.7 Å². The van der Waals surface area contributed by atoms with Crippen LogP contribution in [-0.2, 0) is 19.1 Å². The Labute approximate surface area is 172 Å². The van der Waals surface area contributed by atoms with Gasteiger partial charge in [-0.1, -0.05) is 29.8 Å². The van der Waals surface area contributed by atoms with E-state index < -0.39 is 11.2 Å². The molecule has 2 aromatic carbocycles. The van der Waals surface area contributed by atoms with E-state index in [9.17, 15) is 14.4 Å². The Hall–Kier alpha value is -2.51. The Bertz CT molecular complexity index is 891. The molecule has 0 saturated carbocycles. The first-order valence-corrected chi connectivity index (χ1v) is 10.0. The number of carbonyl (C=O) groups is 3. The monoisotopic (exact) mass is 418 g/mol. The van der Waals surface area contributed by atoms with Crippen LogP contribution in [0.4, 0.5) is 11.4 Å². The van der Waals surface area contributed by atoms with Gasteiger partial charge in [-0.15, -0.1) is 11.8 Å². The molecule has 28 heavy (non-hydrogen) atoms. The summed E-state index contributed by atoms with van der Waals surface area (Å²) in [6, 6.07) is 14.3. The van der Waals surface area contributed by atoms with Crippen LogP contribution in [0.3, 0.4) is 0 Å². The molecular formula is C20H19ClN2O4S. The zero-order valence-electron chi connectivity index (χ0n) is 15.2. The molecule has 0 aliphatic carbocycles. The number of ether oxygens (including phenoxy) is 1. The number of benzene rings is 2. The lowest BCUT2D eigenvalue weighted by Gasteiger charge is -2.24.